The molecule has 0 heterocycles. The zero-order valence-corrected chi connectivity index (χ0v) is 9.35. The van der Waals surface area contributed by atoms with Crippen molar-refractivity contribution in [3.05, 3.63) is 41.6 Å². The van der Waals surface area contributed by atoms with Crippen molar-refractivity contribution in [2.45, 2.75) is 20.8 Å². The van der Waals surface area contributed by atoms with Crippen LogP contribution in [-0.4, -0.2) is 6.03 Å². The standard InChI is InChI=1S/C12H16N2O/c1-8(2)13-12(15)14-11-9(3)6-5-7-10(11)4/h5-7H,1H2,2-4H3,(H2,13,14,15). The largest absolute Gasteiger partial charge is 0.323 e. The molecule has 2 amide bonds. The van der Waals surface area contributed by atoms with Crippen molar-refractivity contribution in [1.29, 1.82) is 0 Å². The third kappa shape index (κ3) is 3.13. The predicted octanol–water partition coefficient (Wildman–Crippen LogP) is 2.96. The number of allylic oxidation sites excluding steroid dienone is 1. The van der Waals surface area contributed by atoms with Crippen molar-refractivity contribution in [3.63, 3.8) is 0 Å². The second-order valence-electron chi connectivity index (χ2n) is 3.63. The van der Waals surface area contributed by atoms with E-state index in [9.17, 15) is 4.79 Å². The third-order valence-corrected chi connectivity index (χ3v) is 2.05. The average Bonchev–Trinajstić information content (AvgIpc) is 2.10. The molecule has 2 N–H and O–H groups in total. The number of nitrogens with one attached hydrogen (secondary N) is 2. The minimum atomic E-state index is -0.250. The highest BCUT2D eigenvalue weighted by atomic mass is 16.2. The van der Waals surface area contributed by atoms with Crippen LogP contribution in [-0.2, 0) is 0 Å². The van der Waals surface area contributed by atoms with E-state index in [1.54, 1.807) is 6.92 Å². The number of aryl methyl sites for hydroxylation is 2. The van der Waals surface area contributed by atoms with Gasteiger partial charge in [-0.05, 0) is 31.9 Å². The van der Waals surface area contributed by atoms with Gasteiger partial charge in [-0.15, -0.1) is 0 Å². The molecule has 15 heavy (non-hydrogen) atoms. The number of hydrogen-bond donors (Lipinski definition) is 2. The van der Waals surface area contributed by atoms with Crippen LogP contribution in [0, 0.1) is 13.8 Å². The van der Waals surface area contributed by atoms with E-state index in [2.05, 4.69) is 17.2 Å². The van der Waals surface area contributed by atoms with Crippen LogP contribution in [0.25, 0.3) is 0 Å². The van der Waals surface area contributed by atoms with Crippen LogP contribution in [0.15, 0.2) is 30.5 Å². The molecule has 0 aliphatic rings. The zero-order valence-electron chi connectivity index (χ0n) is 9.35. The van der Waals surface area contributed by atoms with Crippen molar-refractivity contribution in [2.75, 3.05) is 5.32 Å². The van der Waals surface area contributed by atoms with Gasteiger partial charge in [-0.2, -0.15) is 0 Å². The lowest BCUT2D eigenvalue weighted by molar-refractivity contribution is 0.254. The minimum Gasteiger partial charge on any atom is -0.312 e. The fourth-order valence-corrected chi connectivity index (χ4v) is 1.35. The molecule has 3 nitrogen and oxygen atoms in total. The van der Waals surface area contributed by atoms with Crippen molar-refractivity contribution in [3.8, 4) is 0 Å². The van der Waals surface area contributed by atoms with Crippen molar-refractivity contribution < 1.29 is 4.79 Å². The van der Waals surface area contributed by atoms with Crippen molar-refractivity contribution in [2.24, 2.45) is 0 Å². The summed E-state index contributed by atoms with van der Waals surface area (Å²) in [6, 6.07) is 5.64. The van der Waals surface area contributed by atoms with Crippen LogP contribution in [0.4, 0.5) is 10.5 Å². The number of rotatable bonds is 2. The van der Waals surface area contributed by atoms with E-state index in [0.29, 0.717) is 5.70 Å². The van der Waals surface area contributed by atoms with Gasteiger partial charge in [-0.3, -0.25) is 0 Å². The monoisotopic (exact) mass is 204 g/mol. The molecule has 0 fully saturated rings. The van der Waals surface area contributed by atoms with E-state index in [4.69, 9.17) is 0 Å². The highest BCUT2D eigenvalue weighted by molar-refractivity contribution is 5.91. The number of amides is 2. The van der Waals surface area contributed by atoms with E-state index < -0.39 is 0 Å². The molecule has 0 atom stereocenters. The van der Waals surface area contributed by atoms with E-state index >= 15 is 0 Å². The Morgan fingerprint density at radius 1 is 1.27 bits per heavy atom. The molecule has 0 spiro atoms. The highest BCUT2D eigenvalue weighted by Gasteiger charge is 2.05. The number of anilines is 1. The summed E-state index contributed by atoms with van der Waals surface area (Å²) >= 11 is 0. The molecule has 1 aromatic rings. The fraction of sp³-hybridized carbons (Fsp3) is 0.250. The number of para-hydroxylation sites is 1. The van der Waals surface area contributed by atoms with Crippen LogP contribution in [0.2, 0.25) is 0 Å². The molecule has 0 radical (unpaired) electrons. The van der Waals surface area contributed by atoms with Gasteiger partial charge >= 0.3 is 6.03 Å². The second-order valence-corrected chi connectivity index (χ2v) is 3.63. The van der Waals surface area contributed by atoms with Crippen molar-refractivity contribution >= 4 is 11.7 Å². The summed E-state index contributed by atoms with van der Waals surface area (Å²) in [6.45, 7) is 9.27. The molecule has 0 aromatic heterocycles. The van der Waals surface area contributed by atoms with Crippen LogP contribution in [0.1, 0.15) is 18.1 Å². The number of hydrogen-bond acceptors (Lipinski definition) is 1. The fourth-order valence-electron chi connectivity index (χ4n) is 1.35. The molecule has 3 heteroatoms. The first kappa shape index (κ1) is 11.3. The summed E-state index contributed by atoms with van der Waals surface area (Å²) in [6.07, 6.45) is 0. The maximum atomic E-state index is 11.4. The van der Waals surface area contributed by atoms with Crippen LogP contribution in [0.3, 0.4) is 0 Å². The zero-order chi connectivity index (χ0) is 11.4. The van der Waals surface area contributed by atoms with Crippen LogP contribution < -0.4 is 10.6 Å². The summed E-state index contributed by atoms with van der Waals surface area (Å²) in [5.41, 5.74) is 3.58. The van der Waals surface area contributed by atoms with Gasteiger partial charge in [0.2, 0.25) is 0 Å². The highest BCUT2D eigenvalue weighted by Crippen LogP contribution is 2.18. The van der Waals surface area contributed by atoms with Gasteiger partial charge in [0, 0.05) is 11.4 Å². The summed E-state index contributed by atoms with van der Waals surface area (Å²) in [7, 11) is 0. The van der Waals surface area contributed by atoms with Crippen molar-refractivity contribution in [1.82, 2.24) is 5.32 Å². The van der Waals surface area contributed by atoms with Gasteiger partial charge in [-0.25, -0.2) is 4.79 Å². The first-order valence-electron chi connectivity index (χ1n) is 4.80. The average molecular weight is 204 g/mol. The third-order valence-electron chi connectivity index (χ3n) is 2.05. The van der Waals surface area contributed by atoms with E-state index in [1.165, 1.54) is 0 Å². The Morgan fingerprint density at radius 2 is 1.80 bits per heavy atom. The Bertz CT molecular complexity index is 376. The Hall–Kier alpha value is -1.77. The van der Waals surface area contributed by atoms with E-state index in [1.807, 2.05) is 32.0 Å². The lowest BCUT2D eigenvalue weighted by Gasteiger charge is -2.11. The SMILES string of the molecule is C=C(C)NC(=O)Nc1c(C)cccc1C. The second kappa shape index (κ2) is 4.64. The molecule has 0 saturated heterocycles. The molecule has 0 aliphatic carbocycles. The molecule has 80 valence electrons. The topological polar surface area (TPSA) is 41.1 Å². The maximum Gasteiger partial charge on any atom is 0.323 e. The Balaban J connectivity index is 2.80. The van der Waals surface area contributed by atoms with Gasteiger partial charge in [0.25, 0.3) is 0 Å². The summed E-state index contributed by atoms with van der Waals surface area (Å²) in [4.78, 5) is 11.4. The molecular formula is C12H16N2O. The summed E-state index contributed by atoms with van der Waals surface area (Å²) in [5.74, 6) is 0. The minimum absolute atomic E-state index is 0.250. The molecule has 0 saturated carbocycles. The van der Waals surface area contributed by atoms with Gasteiger partial charge in [0.1, 0.15) is 0 Å². The Kier molecular flexibility index (Phi) is 3.50. The molecule has 0 aliphatic heterocycles. The molecule has 1 aromatic carbocycles. The molecule has 1 rings (SSSR count). The normalized spacial score (nSPS) is 9.53. The van der Waals surface area contributed by atoms with Gasteiger partial charge in [0.05, 0.1) is 0 Å². The Labute approximate surface area is 90.2 Å². The van der Waals surface area contributed by atoms with Crippen LogP contribution >= 0.6 is 0 Å². The number of carbonyl (C=O) groups excluding carboxylic acids is 1. The first-order valence-corrected chi connectivity index (χ1v) is 4.80. The van der Waals surface area contributed by atoms with Gasteiger partial charge < -0.3 is 10.6 Å². The maximum absolute atomic E-state index is 11.4. The number of benzene rings is 1. The van der Waals surface area contributed by atoms with Gasteiger partial charge in [-0.1, -0.05) is 24.8 Å². The number of carbonyl (C=O) groups is 1. The lowest BCUT2D eigenvalue weighted by atomic mass is 10.1. The summed E-state index contributed by atoms with van der Waals surface area (Å²) in [5, 5.41) is 5.40. The van der Waals surface area contributed by atoms with E-state index in [-0.39, 0.29) is 6.03 Å². The molecule has 0 bridgehead atoms. The first-order chi connectivity index (χ1) is 7.00. The molecular weight excluding hydrogens is 188 g/mol. The van der Waals surface area contributed by atoms with Gasteiger partial charge in [0.15, 0.2) is 0 Å². The molecule has 0 unspecified atom stereocenters. The summed E-state index contributed by atoms with van der Waals surface area (Å²) < 4.78 is 0. The van der Waals surface area contributed by atoms with E-state index in [0.717, 1.165) is 16.8 Å². The lowest BCUT2D eigenvalue weighted by Crippen LogP contribution is -2.27. The number of urea groups is 1. The predicted molar refractivity (Wildman–Crippen MR) is 62.9 cm³/mol. The van der Waals surface area contributed by atoms with Crippen LogP contribution in [0.5, 0.6) is 0 Å². The Morgan fingerprint density at radius 3 is 2.27 bits per heavy atom. The smallest absolute Gasteiger partial charge is 0.312 e. The quantitative estimate of drug-likeness (QED) is 0.764.